The monoisotopic (exact) mass is 402 g/mol. The van der Waals surface area contributed by atoms with Crippen LogP contribution in [0.1, 0.15) is 28.4 Å². The van der Waals surface area contributed by atoms with Crippen LogP contribution in [0, 0.1) is 0 Å². The van der Waals surface area contributed by atoms with E-state index in [1.54, 1.807) is 6.92 Å². The van der Waals surface area contributed by atoms with Gasteiger partial charge in [-0.25, -0.2) is 13.2 Å². The molecule has 0 radical (unpaired) electrons. The van der Waals surface area contributed by atoms with Crippen LogP contribution >= 0.6 is 0 Å². The van der Waals surface area contributed by atoms with E-state index in [-0.39, 0.29) is 29.5 Å². The predicted octanol–water partition coefficient (Wildman–Crippen LogP) is 1.72. The van der Waals surface area contributed by atoms with E-state index in [2.05, 4.69) is 5.32 Å². The Labute approximate surface area is 164 Å². The van der Waals surface area contributed by atoms with Crippen molar-refractivity contribution in [3.05, 3.63) is 65.2 Å². The van der Waals surface area contributed by atoms with Crippen molar-refractivity contribution in [3.8, 4) is 0 Å². The number of hydrogen-bond donors (Lipinski definition) is 1. The van der Waals surface area contributed by atoms with E-state index in [4.69, 9.17) is 4.74 Å². The molecular formula is C20H22N2O5S. The molecule has 2 aromatic rings. The molecule has 0 unspecified atom stereocenters. The number of amides is 1. The Morgan fingerprint density at radius 3 is 2.36 bits per heavy atom. The normalized spacial score (nSPS) is 16.9. The number of hydrogen-bond acceptors (Lipinski definition) is 5. The Morgan fingerprint density at radius 1 is 1.11 bits per heavy atom. The molecule has 1 aliphatic rings. The molecule has 28 heavy (non-hydrogen) atoms. The van der Waals surface area contributed by atoms with Gasteiger partial charge in [-0.1, -0.05) is 24.3 Å². The van der Waals surface area contributed by atoms with Crippen LogP contribution in [0.3, 0.4) is 0 Å². The third-order valence-electron chi connectivity index (χ3n) is 4.73. The van der Waals surface area contributed by atoms with Crippen LogP contribution in [0.2, 0.25) is 0 Å². The van der Waals surface area contributed by atoms with Crippen LogP contribution in [0.25, 0.3) is 0 Å². The molecule has 0 saturated heterocycles. The maximum Gasteiger partial charge on any atom is 0.338 e. The summed E-state index contributed by atoms with van der Waals surface area (Å²) in [5, 5.41) is 2.55. The molecule has 1 atom stereocenters. The van der Waals surface area contributed by atoms with E-state index in [1.807, 2.05) is 24.3 Å². The van der Waals surface area contributed by atoms with Crippen LogP contribution in [0.5, 0.6) is 0 Å². The summed E-state index contributed by atoms with van der Waals surface area (Å²) >= 11 is 0. The van der Waals surface area contributed by atoms with Gasteiger partial charge < -0.3 is 10.1 Å². The summed E-state index contributed by atoms with van der Waals surface area (Å²) in [6, 6.07) is 12.2. The summed E-state index contributed by atoms with van der Waals surface area (Å²) in [5.74, 6) is -0.872. The first-order valence-electron chi connectivity index (χ1n) is 8.96. The zero-order valence-corrected chi connectivity index (χ0v) is 16.5. The lowest BCUT2D eigenvalue weighted by molar-refractivity contribution is -0.124. The smallest absolute Gasteiger partial charge is 0.338 e. The number of sulfonamides is 1. The van der Waals surface area contributed by atoms with Crippen molar-refractivity contribution < 1.29 is 22.7 Å². The molecular weight excluding hydrogens is 380 g/mol. The van der Waals surface area contributed by atoms with Gasteiger partial charge in [0.25, 0.3) is 0 Å². The summed E-state index contributed by atoms with van der Waals surface area (Å²) in [6.45, 7) is 2.04. The highest BCUT2D eigenvalue weighted by atomic mass is 32.2. The summed E-state index contributed by atoms with van der Waals surface area (Å²) in [7, 11) is -2.46. The molecule has 1 heterocycles. The molecule has 8 heteroatoms. The second-order valence-corrected chi connectivity index (χ2v) is 8.29. The van der Waals surface area contributed by atoms with E-state index >= 15 is 0 Å². The summed E-state index contributed by atoms with van der Waals surface area (Å²) in [4.78, 5) is 24.2. The average Bonchev–Trinajstić information content (AvgIpc) is 2.72. The summed E-state index contributed by atoms with van der Waals surface area (Å²) in [5.41, 5.74) is 2.10. The van der Waals surface area contributed by atoms with Gasteiger partial charge in [0, 0.05) is 13.6 Å². The van der Waals surface area contributed by atoms with Crippen LogP contribution in [0.4, 0.5) is 0 Å². The fourth-order valence-corrected chi connectivity index (χ4v) is 4.82. The third kappa shape index (κ3) is 3.79. The zero-order valence-electron chi connectivity index (χ0n) is 15.7. The van der Waals surface area contributed by atoms with Gasteiger partial charge in [0.05, 0.1) is 17.1 Å². The second kappa shape index (κ2) is 8.12. The minimum Gasteiger partial charge on any atom is -0.462 e. The minimum atomic E-state index is -3.94. The number of likely N-dealkylation sites (N-methyl/N-ethyl adjacent to an activating group) is 1. The number of esters is 1. The molecule has 1 amide bonds. The molecule has 0 aliphatic carbocycles. The van der Waals surface area contributed by atoms with Gasteiger partial charge >= 0.3 is 5.97 Å². The highest BCUT2D eigenvalue weighted by Gasteiger charge is 2.39. The highest BCUT2D eigenvalue weighted by molar-refractivity contribution is 7.89. The van der Waals surface area contributed by atoms with Crippen molar-refractivity contribution in [1.29, 1.82) is 0 Å². The molecule has 148 valence electrons. The number of carbonyl (C=O) groups excluding carboxylic acids is 2. The van der Waals surface area contributed by atoms with Gasteiger partial charge in [0.15, 0.2) is 0 Å². The van der Waals surface area contributed by atoms with Crippen molar-refractivity contribution in [3.63, 3.8) is 0 Å². The Balaban J connectivity index is 1.96. The number of ether oxygens (including phenoxy) is 1. The molecule has 1 aliphatic heterocycles. The molecule has 0 spiro atoms. The number of nitrogens with one attached hydrogen (secondary N) is 1. The molecule has 1 N–H and O–H groups in total. The lowest BCUT2D eigenvalue weighted by Crippen LogP contribution is -2.51. The topological polar surface area (TPSA) is 92.8 Å². The first kappa shape index (κ1) is 20.0. The van der Waals surface area contributed by atoms with Crippen LogP contribution < -0.4 is 5.32 Å². The van der Waals surface area contributed by atoms with Gasteiger partial charge in [0.1, 0.15) is 6.04 Å². The van der Waals surface area contributed by atoms with Gasteiger partial charge in [0.2, 0.25) is 15.9 Å². The van der Waals surface area contributed by atoms with Crippen LogP contribution in [0.15, 0.2) is 53.4 Å². The third-order valence-corrected chi connectivity index (χ3v) is 6.60. The van der Waals surface area contributed by atoms with E-state index in [9.17, 15) is 18.0 Å². The number of fused-ring (bicyclic) bond motifs is 1. The van der Waals surface area contributed by atoms with E-state index in [0.717, 1.165) is 11.1 Å². The van der Waals surface area contributed by atoms with Crippen molar-refractivity contribution in [2.45, 2.75) is 30.8 Å². The fraction of sp³-hybridized carbons (Fsp3) is 0.300. The Kier molecular flexibility index (Phi) is 5.81. The molecule has 3 rings (SSSR count). The Hall–Kier alpha value is -2.71. The molecule has 0 fully saturated rings. The summed E-state index contributed by atoms with van der Waals surface area (Å²) in [6.07, 6.45) is 0.302. The van der Waals surface area contributed by atoms with Crippen molar-refractivity contribution in [2.75, 3.05) is 13.7 Å². The van der Waals surface area contributed by atoms with Gasteiger partial charge in [-0.05, 0) is 48.7 Å². The quantitative estimate of drug-likeness (QED) is 0.769. The summed E-state index contributed by atoms with van der Waals surface area (Å²) < 4.78 is 32.7. The van der Waals surface area contributed by atoms with Gasteiger partial charge in [-0.15, -0.1) is 0 Å². The first-order valence-corrected chi connectivity index (χ1v) is 10.4. The number of rotatable bonds is 5. The molecule has 7 nitrogen and oxygen atoms in total. The maximum absolute atomic E-state index is 13.3. The Bertz CT molecular complexity index is 986. The van der Waals surface area contributed by atoms with Crippen molar-refractivity contribution in [1.82, 2.24) is 9.62 Å². The van der Waals surface area contributed by atoms with E-state index in [0.29, 0.717) is 6.42 Å². The standard InChI is InChI=1S/C20H22N2O5S/c1-3-27-20(24)14-8-10-17(11-9-14)28(25,26)22-13-16-7-5-4-6-15(16)12-18(22)19(23)21-2/h4-11,18H,3,12-13H2,1-2H3,(H,21,23)/t18-/m1/s1. The molecule has 0 aromatic heterocycles. The van der Waals surface area contributed by atoms with Gasteiger partial charge in [-0.3, -0.25) is 4.79 Å². The molecule has 0 saturated carbocycles. The van der Waals surface area contributed by atoms with E-state index in [1.165, 1.54) is 35.6 Å². The highest BCUT2D eigenvalue weighted by Crippen LogP contribution is 2.29. The molecule has 2 aromatic carbocycles. The lowest BCUT2D eigenvalue weighted by atomic mass is 9.95. The van der Waals surface area contributed by atoms with Crippen LogP contribution in [-0.2, 0) is 32.5 Å². The zero-order chi connectivity index (χ0) is 20.3. The van der Waals surface area contributed by atoms with E-state index < -0.39 is 22.0 Å². The SMILES string of the molecule is CCOC(=O)c1ccc(S(=O)(=O)N2Cc3ccccc3C[C@@H]2C(=O)NC)cc1. The number of nitrogens with zero attached hydrogens (tertiary/aromatic N) is 1. The molecule has 0 bridgehead atoms. The van der Waals surface area contributed by atoms with Crippen molar-refractivity contribution >= 4 is 21.9 Å². The lowest BCUT2D eigenvalue weighted by Gasteiger charge is -2.34. The predicted molar refractivity (Wildman–Crippen MR) is 103 cm³/mol. The number of carbonyl (C=O) groups is 2. The fourth-order valence-electron chi connectivity index (χ4n) is 3.25. The van der Waals surface area contributed by atoms with Gasteiger partial charge in [-0.2, -0.15) is 4.31 Å². The maximum atomic E-state index is 13.3. The minimum absolute atomic E-state index is 0.0221. The largest absolute Gasteiger partial charge is 0.462 e. The average molecular weight is 402 g/mol. The Morgan fingerprint density at radius 2 is 1.75 bits per heavy atom. The second-order valence-electron chi connectivity index (χ2n) is 6.40. The van der Waals surface area contributed by atoms with Crippen LogP contribution in [-0.4, -0.2) is 44.3 Å². The number of benzene rings is 2. The first-order chi connectivity index (χ1) is 13.4. The van der Waals surface area contributed by atoms with Crippen molar-refractivity contribution in [2.24, 2.45) is 0 Å².